The summed E-state index contributed by atoms with van der Waals surface area (Å²) in [7, 11) is 0. The molecule has 0 radical (unpaired) electrons. The van der Waals surface area contributed by atoms with Crippen LogP contribution in [-0.4, -0.2) is 17.5 Å². The molecule has 0 aliphatic carbocycles. The molecule has 0 saturated heterocycles. The molecule has 0 aliphatic heterocycles. The summed E-state index contributed by atoms with van der Waals surface area (Å²) in [6.07, 6.45) is 0.758. The number of hydrogen-bond donors (Lipinski definition) is 1. The Morgan fingerprint density at radius 2 is 1.70 bits per heavy atom. The number of rotatable bonds is 5. The van der Waals surface area contributed by atoms with Crippen LogP contribution < -0.4 is 4.90 Å². The molecule has 0 heterocycles. The fraction of sp³-hybridized carbons (Fsp3) is 0.0667. The maximum Gasteiger partial charge on any atom is 0.335 e. The van der Waals surface area contributed by atoms with Crippen LogP contribution in [-0.2, 0) is 11.3 Å². The van der Waals surface area contributed by atoms with Gasteiger partial charge in [0.2, 0.25) is 6.41 Å². The van der Waals surface area contributed by atoms with Gasteiger partial charge in [0.25, 0.3) is 0 Å². The zero-order chi connectivity index (χ0) is 14.5. The average Bonchev–Trinajstić information content (AvgIpc) is 2.46. The lowest BCUT2D eigenvalue weighted by Gasteiger charge is -2.17. The highest BCUT2D eigenvalue weighted by atomic mass is 79.9. The van der Waals surface area contributed by atoms with E-state index in [1.54, 1.807) is 17.0 Å². The predicted molar refractivity (Wildman–Crippen MR) is 79.8 cm³/mol. The van der Waals surface area contributed by atoms with E-state index in [9.17, 15) is 9.59 Å². The summed E-state index contributed by atoms with van der Waals surface area (Å²) in [5.41, 5.74) is 1.88. The lowest BCUT2D eigenvalue weighted by atomic mass is 10.1. The zero-order valence-electron chi connectivity index (χ0n) is 10.5. The Morgan fingerprint density at radius 1 is 1.10 bits per heavy atom. The van der Waals surface area contributed by atoms with E-state index in [0.29, 0.717) is 6.54 Å². The molecule has 20 heavy (non-hydrogen) atoms. The summed E-state index contributed by atoms with van der Waals surface area (Å²) in [4.78, 5) is 23.5. The number of carbonyl (C=O) groups is 2. The van der Waals surface area contributed by atoms with Gasteiger partial charge in [0.1, 0.15) is 0 Å². The second-order valence-corrected chi connectivity index (χ2v) is 5.13. The molecular formula is C15H12BrNO3. The van der Waals surface area contributed by atoms with Crippen molar-refractivity contribution in [3.05, 3.63) is 64.1 Å². The van der Waals surface area contributed by atoms with Crippen LogP contribution in [0.2, 0.25) is 0 Å². The molecule has 1 amide bonds. The molecule has 0 spiro atoms. The Balaban J connectivity index is 2.15. The molecule has 2 aromatic rings. The van der Waals surface area contributed by atoms with Crippen LogP contribution in [0.3, 0.4) is 0 Å². The third-order valence-electron chi connectivity index (χ3n) is 2.84. The highest BCUT2D eigenvalue weighted by molar-refractivity contribution is 9.10. The van der Waals surface area contributed by atoms with Crippen molar-refractivity contribution in [2.75, 3.05) is 4.90 Å². The van der Waals surface area contributed by atoms with Gasteiger partial charge in [-0.25, -0.2) is 4.79 Å². The van der Waals surface area contributed by atoms with Gasteiger partial charge in [-0.3, -0.25) is 4.79 Å². The number of anilines is 1. The molecule has 0 bridgehead atoms. The van der Waals surface area contributed by atoms with Gasteiger partial charge < -0.3 is 10.0 Å². The van der Waals surface area contributed by atoms with E-state index >= 15 is 0 Å². The second kappa shape index (κ2) is 6.34. The molecule has 4 nitrogen and oxygen atoms in total. The van der Waals surface area contributed by atoms with E-state index in [1.807, 2.05) is 24.3 Å². The molecule has 5 heteroatoms. The largest absolute Gasteiger partial charge is 0.478 e. The van der Waals surface area contributed by atoms with E-state index in [2.05, 4.69) is 15.9 Å². The van der Waals surface area contributed by atoms with E-state index < -0.39 is 5.97 Å². The number of halogens is 1. The molecule has 2 rings (SSSR count). The minimum Gasteiger partial charge on any atom is -0.478 e. The third-order valence-corrected chi connectivity index (χ3v) is 3.37. The molecule has 2 aromatic carbocycles. The molecule has 0 atom stereocenters. The van der Waals surface area contributed by atoms with Gasteiger partial charge in [-0.15, -0.1) is 0 Å². The summed E-state index contributed by atoms with van der Waals surface area (Å²) in [6, 6.07) is 13.9. The normalized spacial score (nSPS) is 10.1. The Hall–Kier alpha value is -2.14. The van der Waals surface area contributed by atoms with Gasteiger partial charge in [0, 0.05) is 10.2 Å². The number of nitrogens with zero attached hydrogens (tertiary/aromatic N) is 1. The first kappa shape index (κ1) is 14.3. The van der Waals surface area contributed by atoms with E-state index in [0.717, 1.165) is 22.1 Å². The van der Waals surface area contributed by atoms with Gasteiger partial charge in [-0.05, 0) is 42.0 Å². The van der Waals surface area contributed by atoms with Crippen molar-refractivity contribution >= 4 is 34.0 Å². The van der Waals surface area contributed by atoms with Crippen molar-refractivity contribution in [2.45, 2.75) is 6.54 Å². The van der Waals surface area contributed by atoms with Gasteiger partial charge >= 0.3 is 5.97 Å². The molecule has 0 saturated carbocycles. The standard InChI is InChI=1S/C15H12BrNO3/c16-13-5-7-14(8-6-13)17(10-18)9-11-1-3-12(4-2-11)15(19)20/h1-8,10H,9H2,(H,19,20). The van der Waals surface area contributed by atoms with Crippen LogP contribution in [0, 0.1) is 0 Å². The number of aromatic carboxylic acids is 1. The van der Waals surface area contributed by atoms with E-state index in [4.69, 9.17) is 5.11 Å². The van der Waals surface area contributed by atoms with E-state index in [1.165, 1.54) is 12.1 Å². The molecule has 0 aliphatic rings. The summed E-state index contributed by atoms with van der Waals surface area (Å²) < 4.78 is 0.943. The number of carboxylic acids is 1. The Kier molecular flexibility index (Phi) is 4.53. The number of carboxylic acid groups (broad SMARTS) is 1. The van der Waals surface area contributed by atoms with Crippen LogP contribution in [0.15, 0.2) is 53.0 Å². The number of carbonyl (C=O) groups excluding carboxylic acids is 1. The summed E-state index contributed by atoms with van der Waals surface area (Å²) in [6.45, 7) is 0.394. The van der Waals surface area contributed by atoms with Crippen molar-refractivity contribution in [1.82, 2.24) is 0 Å². The van der Waals surface area contributed by atoms with Crippen molar-refractivity contribution in [3.8, 4) is 0 Å². The van der Waals surface area contributed by atoms with Crippen molar-refractivity contribution in [3.63, 3.8) is 0 Å². The lowest BCUT2D eigenvalue weighted by Crippen LogP contribution is -2.20. The zero-order valence-corrected chi connectivity index (χ0v) is 12.1. The first-order chi connectivity index (χ1) is 9.60. The van der Waals surface area contributed by atoms with Crippen LogP contribution in [0.25, 0.3) is 0 Å². The smallest absolute Gasteiger partial charge is 0.335 e. The minimum atomic E-state index is -0.961. The molecule has 0 unspecified atom stereocenters. The van der Waals surface area contributed by atoms with Gasteiger partial charge in [-0.2, -0.15) is 0 Å². The quantitative estimate of drug-likeness (QED) is 0.854. The Bertz CT molecular complexity index is 608. The molecule has 1 N–H and O–H groups in total. The first-order valence-corrected chi connectivity index (χ1v) is 6.69. The summed E-state index contributed by atoms with van der Waals surface area (Å²) >= 11 is 3.34. The summed E-state index contributed by atoms with van der Waals surface area (Å²) in [5.74, 6) is -0.961. The molecule has 102 valence electrons. The average molecular weight is 334 g/mol. The third kappa shape index (κ3) is 3.45. The lowest BCUT2D eigenvalue weighted by molar-refractivity contribution is -0.107. The van der Waals surface area contributed by atoms with Crippen LogP contribution >= 0.6 is 15.9 Å². The number of amides is 1. The maximum absolute atomic E-state index is 11.2. The number of hydrogen-bond acceptors (Lipinski definition) is 2. The van der Waals surface area contributed by atoms with E-state index in [-0.39, 0.29) is 5.56 Å². The second-order valence-electron chi connectivity index (χ2n) is 4.21. The molecular weight excluding hydrogens is 322 g/mol. The number of benzene rings is 2. The molecule has 0 aromatic heterocycles. The monoisotopic (exact) mass is 333 g/mol. The SMILES string of the molecule is O=CN(Cc1ccc(C(=O)O)cc1)c1ccc(Br)cc1. The van der Waals surface area contributed by atoms with Crippen molar-refractivity contribution in [1.29, 1.82) is 0 Å². The van der Waals surface area contributed by atoms with Gasteiger partial charge in [0.05, 0.1) is 12.1 Å². The van der Waals surface area contributed by atoms with Crippen LogP contribution in [0.4, 0.5) is 5.69 Å². The maximum atomic E-state index is 11.2. The summed E-state index contributed by atoms with van der Waals surface area (Å²) in [5, 5.41) is 8.84. The van der Waals surface area contributed by atoms with Gasteiger partial charge in [0.15, 0.2) is 0 Å². The Labute approximate surface area is 124 Å². The van der Waals surface area contributed by atoms with Crippen molar-refractivity contribution in [2.24, 2.45) is 0 Å². The first-order valence-electron chi connectivity index (χ1n) is 5.90. The predicted octanol–water partition coefficient (Wildman–Crippen LogP) is 3.31. The highest BCUT2D eigenvalue weighted by Crippen LogP contribution is 2.19. The van der Waals surface area contributed by atoms with Gasteiger partial charge in [-0.1, -0.05) is 28.1 Å². The fourth-order valence-electron chi connectivity index (χ4n) is 1.77. The Morgan fingerprint density at radius 3 is 2.20 bits per heavy atom. The van der Waals surface area contributed by atoms with Crippen molar-refractivity contribution < 1.29 is 14.7 Å². The topological polar surface area (TPSA) is 57.6 Å². The fourth-order valence-corrected chi connectivity index (χ4v) is 2.04. The highest BCUT2D eigenvalue weighted by Gasteiger charge is 2.07. The molecule has 0 fully saturated rings. The minimum absolute atomic E-state index is 0.232. The van der Waals surface area contributed by atoms with Crippen LogP contribution in [0.1, 0.15) is 15.9 Å². The van der Waals surface area contributed by atoms with Crippen LogP contribution in [0.5, 0.6) is 0 Å².